The highest BCUT2D eigenvalue weighted by atomic mass is 35.5. The molecule has 0 saturated heterocycles. The molecular formula is C10H11ClFNO. The average Bonchev–Trinajstić information content (AvgIpc) is 2.11. The predicted molar refractivity (Wildman–Crippen MR) is 54.2 cm³/mol. The molecule has 14 heavy (non-hydrogen) atoms. The molecule has 4 heteroatoms. The molecule has 0 atom stereocenters. The van der Waals surface area contributed by atoms with Crippen LogP contribution in [0.5, 0.6) is 0 Å². The maximum atomic E-state index is 13.1. The zero-order chi connectivity index (χ0) is 10.7. The van der Waals surface area contributed by atoms with Gasteiger partial charge in [0.05, 0.1) is 10.6 Å². The fourth-order valence-corrected chi connectivity index (χ4v) is 1.38. The lowest BCUT2D eigenvalue weighted by Crippen LogP contribution is -2.23. The number of hydrogen-bond donors (Lipinski definition) is 1. The van der Waals surface area contributed by atoms with Crippen molar-refractivity contribution in [3.05, 3.63) is 34.1 Å². The quantitative estimate of drug-likeness (QED) is 0.807. The van der Waals surface area contributed by atoms with E-state index in [9.17, 15) is 9.18 Å². The van der Waals surface area contributed by atoms with E-state index in [-0.39, 0.29) is 16.5 Å². The van der Waals surface area contributed by atoms with Gasteiger partial charge < -0.3 is 5.32 Å². The number of halogens is 2. The average molecular weight is 216 g/mol. The summed E-state index contributed by atoms with van der Waals surface area (Å²) in [6.45, 7) is 3.88. The number of carbonyl (C=O) groups excluding carboxylic acids is 1. The van der Waals surface area contributed by atoms with E-state index in [4.69, 9.17) is 11.6 Å². The van der Waals surface area contributed by atoms with Gasteiger partial charge in [-0.05, 0) is 31.5 Å². The standard InChI is InChI=1S/C10H11ClFNO/c1-3-13-10(14)7-5-9(12)6(2)4-8(7)11/h4-5H,3H2,1-2H3,(H,13,14). The van der Waals surface area contributed by atoms with Crippen LogP contribution in [0.2, 0.25) is 5.02 Å². The lowest BCUT2D eigenvalue weighted by atomic mass is 10.1. The second-order valence-corrected chi connectivity index (χ2v) is 3.35. The molecule has 1 aromatic rings. The maximum absolute atomic E-state index is 13.1. The third kappa shape index (κ3) is 2.23. The fourth-order valence-electron chi connectivity index (χ4n) is 1.08. The Hall–Kier alpha value is -1.09. The SMILES string of the molecule is CCNC(=O)c1cc(F)c(C)cc1Cl. The number of hydrogen-bond acceptors (Lipinski definition) is 1. The molecule has 1 rings (SSSR count). The second kappa shape index (κ2) is 4.42. The Labute approximate surface area is 87.1 Å². The summed E-state index contributed by atoms with van der Waals surface area (Å²) in [5.41, 5.74) is 0.611. The highest BCUT2D eigenvalue weighted by molar-refractivity contribution is 6.33. The van der Waals surface area contributed by atoms with Crippen molar-refractivity contribution in [2.45, 2.75) is 13.8 Å². The second-order valence-electron chi connectivity index (χ2n) is 2.94. The first-order valence-electron chi connectivity index (χ1n) is 4.30. The van der Waals surface area contributed by atoms with Gasteiger partial charge in [-0.25, -0.2) is 4.39 Å². The Morgan fingerprint density at radius 3 is 2.79 bits per heavy atom. The molecule has 0 heterocycles. The van der Waals surface area contributed by atoms with Crippen LogP contribution in [-0.2, 0) is 0 Å². The van der Waals surface area contributed by atoms with Crippen LogP contribution >= 0.6 is 11.6 Å². The van der Waals surface area contributed by atoms with Gasteiger partial charge in [-0.2, -0.15) is 0 Å². The molecule has 0 radical (unpaired) electrons. The van der Waals surface area contributed by atoms with Gasteiger partial charge in [-0.1, -0.05) is 11.6 Å². The molecule has 0 aliphatic heterocycles. The number of amides is 1. The highest BCUT2D eigenvalue weighted by Crippen LogP contribution is 2.20. The molecule has 76 valence electrons. The van der Waals surface area contributed by atoms with E-state index in [0.717, 1.165) is 6.07 Å². The lowest BCUT2D eigenvalue weighted by Gasteiger charge is -2.06. The molecule has 1 N–H and O–H groups in total. The molecule has 0 spiro atoms. The highest BCUT2D eigenvalue weighted by Gasteiger charge is 2.12. The van der Waals surface area contributed by atoms with Crippen molar-refractivity contribution in [1.29, 1.82) is 0 Å². The normalized spacial score (nSPS) is 10.0. The topological polar surface area (TPSA) is 29.1 Å². The van der Waals surface area contributed by atoms with Gasteiger partial charge in [0.1, 0.15) is 5.82 Å². The molecule has 0 unspecified atom stereocenters. The molecule has 0 fully saturated rings. The summed E-state index contributed by atoms with van der Waals surface area (Å²) in [5, 5.41) is 2.83. The predicted octanol–water partition coefficient (Wildman–Crippen LogP) is 2.54. The van der Waals surface area contributed by atoms with Crippen molar-refractivity contribution in [3.8, 4) is 0 Å². The Balaban J connectivity index is 3.09. The first-order valence-corrected chi connectivity index (χ1v) is 4.68. The zero-order valence-electron chi connectivity index (χ0n) is 8.03. The summed E-state index contributed by atoms with van der Waals surface area (Å²) in [7, 11) is 0. The van der Waals surface area contributed by atoms with Crippen molar-refractivity contribution in [2.75, 3.05) is 6.54 Å². The number of carbonyl (C=O) groups is 1. The van der Waals surface area contributed by atoms with Gasteiger partial charge in [-0.3, -0.25) is 4.79 Å². The Bertz CT molecular complexity index is 365. The van der Waals surface area contributed by atoms with Crippen LogP contribution < -0.4 is 5.32 Å². The Morgan fingerprint density at radius 2 is 2.21 bits per heavy atom. The Morgan fingerprint density at radius 1 is 1.57 bits per heavy atom. The maximum Gasteiger partial charge on any atom is 0.252 e. The fraction of sp³-hybridized carbons (Fsp3) is 0.300. The van der Waals surface area contributed by atoms with Crippen molar-refractivity contribution < 1.29 is 9.18 Å². The van der Waals surface area contributed by atoms with E-state index in [0.29, 0.717) is 12.1 Å². The van der Waals surface area contributed by atoms with E-state index < -0.39 is 5.82 Å². The number of nitrogens with one attached hydrogen (secondary N) is 1. The molecule has 1 aromatic carbocycles. The first kappa shape index (κ1) is 11.0. The van der Waals surface area contributed by atoms with E-state index in [1.165, 1.54) is 6.07 Å². The summed E-state index contributed by atoms with van der Waals surface area (Å²) in [6.07, 6.45) is 0. The van der Waals surface area contributed by atoms with Crippen LogP contribution in [0.25, 0.3) is 0 Å². The number of benzene rings is 1. The minimum Gasteiger partial charge on any atom is -0.352 e. The van der Waals surface area contributed by atoms with Crippen LogP contribution in [0.3, 0.4) is 0 Å². The molecular weight excluding hydrogens is 205 g/mol. The monoisotopic (exact) mass is 215 g/mol. The third-order valence-corrected chi connectivity index (χ3v) is 2.14. The summed E-state index contributed by atoms with van der Waals surface area (Å²) in [4.78, 5) is 11.4. The van der Waals surface area contributed by atoms with Gasteiger partial charge in [-0.15, -0.1) is 0 Å². The van der Waals surface area contributed by atoms with E-state index in [1.54, 1.807) is 13.8 Å². The van der Waals surface area contributed by atoms with Crippen LogP contribution in [0.4, 0.5) is 4.39 Å². The van der Waals surface area contributed by atoms with Crippen molar-refractivity contribution in [1.82, 2.24) is 5.32 Å². The zero-order valence-corrected chi connectivity index (χ0v) is 8.78. The molecule has 0 aromatic heterocycles. The summed E-state index contributed by atoms with van der Waals surface area (Å²) in [6, 6.07) is 2.60. The Kier molecular flexibility index (Phi) is 3.47. The molecule has 0 bridgehead atoms. The minimum atomic E-state index is -0.421. The van der Waals surface area contributed by atoms with Crippen LogP contribution in [0, 0.1) is 12.7 Å². The molecule has 1 amide bonds. The van der Waals surface area contributed by atoms with Crippen LogP contribution in [0.1, 0.15) is 22.8 Å². The van der Waals surface area contributed by atoms with Gasteiger partial charge in [0.25, 0.3) is 5.91 Å². The third-order valence-electron chi connectivity index (χ3n) is 1.83. The summed E-state index contributed by atoms with van der Waals surface area (Å²) in [5.74, 6) is -0.771. The first-order chi connectivity index (χ1) is 6.56. The van der Waals surface area contributed by atoms with Crippen molar-refractivity contribution in [3.63, 3.8) is 0 Å². The van der Waals surface area contributed by atoms with Gasteiger partial charge in [0, 0.05) is 6.54 Å². The largest absolute Gasteiger partial charge is 0.352 e. The molecule has 0 saturated carbocycles. The van der Waals surface area contributed by atoms with Crippen molar-refractivity contribution >= 4 is 17.5 Å². The molecule has 0 aliphatic rings. The van der Waals surface area contributed by atoms with E-state index in [1.807, 2.05) is 0 Å². The van der Waals surface area contributed by atoms with E-state index >= 15 is 0 Å². The van der Waals surface area contributed by atoms with Gasteiger partial charge >= 0.3 is 0 Å². The molecule has 0 aliphatic carbocycles. The van der Waals surface area contributed by atoms with Crippen LogP contribution in [-0.4, -0.2) is 12.5 Å². The van der Waals surface area contributed by atoms with Gasteiger partial charge in [0.2, 0.25) is 0 Å². The smallest absolute Gasteiger partial charge is 0.252 e. The lowest BCUT2D eigenvalue weighted by molar-refractivity contribution is 0.0955. The van der Waals surface area contributed by atoms with Crippen molar-refractivity contribution in [2.24, 2.45) is 0 Å². The number of rotatable bonds is 2. The van der Waals surface area contributed by atoms with Crippen LogP contribution in [0.15, 0.2) is 12.1 Å². The minimum absolute atomic E-state index is 0.177. The van der Waals surface area contributed by atoms with E-state index in [2.05, 4.69) is 5.32 Å². The van der Waals surface area contributed by atoms with Gasteiger partial charge in [0.15, 0.2) is 0 Å². The molecule has 2 nitrogen and oxygen atoms in total. The summed E-state index contributed by atoms with van der Waals surface area (Å²) < 4.78 is 13.1. The summed E-state index contributed by atoms with van der Waals surface area (Å²) >= 11 is 5.80. The number of aryl methyl sites for hydroxylation is 1.